The highest BCUT2D eigenvalue weighted by atomic mass is 32.2. The summed E-state index contributed by atoms with van der Waals surface area (Å²) in [6, 6.07) is 7.76. The van der Waals surface area contributed by atoms with Crippen LogP contribution < -0.4 is 4.90 Å². The van der Waals surface area contributed by atoms with Crippen molar-refractivity contribution in [1.82, 2.24) is 0 Å². The number of rotatable bonds is 3. The average Bonchev–Trinajstić information content (AvgIpc) is 2.98. The van der Waals surface area contributed by atoms with Gasteiger partial charge in [0.05, 0.1) is 17.5 Å². The number of sulfone groups is 1. The van der Waals surface area contributed by atoms with Gasteiger partial charge in [-0.2, -0.15) is 4.99 Å². The van der Waals surface area contributed by atoms with Crippen LogP contribution in [0.4, 0.5) is 5.69 Å². The van der Waals surface area contributed by atoms with Crippen molar-refractivity contribution < 1.29 is 13.2 Å². The topological polar surface area (TPSA) is 66.8 Å². The summed E-state index contributed by atoms with van der Waals surface area (Å²) in [4.78, 5) is 18.5. The Labute approximate surface area is 147 Å². The van der Waals surface area contributed by atoms with Gasteiger partial charge in [-0.05, 0) is 25.5 Å². The molecule has 0 saturated carbocycles. The lowest BCUT2D eigenvalue weighted by atomic mass is 10.1. The number of benzene rings is 1. The van der Waals surface area contributed by atoms with Gasteiger partial charge in [0.1, 0.15) is 0 Å². The fourth-order valence-corrected chi connectivity index (χ4v) is 6.87. The second kappa shape index (κ2) is 6.52. The first-order valence-electron chi connectivity index (χ1n) is 8.16. The number of fused-ring (bicyclic) bond motifs is 1. The third-order valence-electron chi connectivity index (χ3n) is 4.62. The second-order valence-corrected chi connectivity index (χ2v) is 9.91. The molecular formula is C17H22N2O3S2. The predicted octanol–water partition coefficient (Wildman–Crippen LogP) is 2.64. The Morgan fingerprint density at radius 3 is 2.62 bits per heavy atom. The molecule has 130 valence electrons. The molecule has 0 aliphatic carbocycles. The van der Waals surface area contributed by atoms with Gasteiger partial charge in [-0.25, -0.2) is 8.42 Å². The van der Waals surface area contributed by atoms with E-state index >= 15 is 0 Å². The zero-order chi connectivity index (χ0) is 17.5. The van der Waals surface area contributed by atoms with Crippen molar-refractivity contribution in [2.24, 2.45) is 10.9 Å². The summed E-state index contributed by atoms with van der Waals surface area (Å²) in [5.41, 5.74) is 2.03. The molecule has 0 spiro atoms. The van der Waals surface area contributed by atoms with Gasteiger partial charge < -0.3 is 4.90 Å². The zero-order valence-corrected chi connectivity index (χ0v) is 15.7. The lowest BCUT2D eigenvalue weighted by molar-refractivity contribution is -0.121. The number of amides is 1. The fraction of sp³-hybridized carbons (Fsp3) is 0.529. The van der Waals surface area contributed by atoms with Crippen LogP contribution in [0.25, 0.3) is 0 Å². The maximum absolute atomic E-state index is 12.3. The van der Waals surface area contributed by atoms with Crippen LogP contribution in [0.3, 0.4) is 0 Å². The number of hydrogen-bond acceptors (Lipinski definition) is 4. The van der Waals surface area contributed by atoms with Crippen LogP contribution in [0.5, 0.6) is 0 Å². The zero-order valence-electron chi connectivity index (χ0n) is 14.1. The molecule has 2 aliphatic rings. The van der Waals surface area contributed by atoms with Crippen LogP contribution >= 0.6 is 11.8 Å². The van der Waals surface area contributed by atoms with E-state index in [4.69, 9.17) is 0 Å². The Hall–Kier alpha value is -1.34. The quantitative estimate of drug-likeness (QED) is 0.823. The van der Waals surface area contributed by atoms with Crippen molar-refractivity contribution in [3.8, 4) is 0 Å². The van der Waals surface area contributed by atoms with Crippen molar-refractivity contribution in [3.05, 3.63) is 29.8 Å². The summed E-state index contributed by atoms with van der Waals surface area (Å²) >= 11 is 1.42. The SMILES string of the molecule is CC[C@H](C)C(=O)N=C1S[C@H]2CS(=O)(=O)C[C@@H]2N1c1ccc(C)cc1. The average molecular weight is 367 g/mol. The molecule has 1 amide bonds. The number of aryl methyl sites for hydroxylation is 1. The smallest absolute Gasteiger partial charge is 0.250 e. The number of anilines is 1. The normalized spacial score (nSPS) is 28.1. The molecule has 0 radical (unpaired) electrons. The number of thioether (sulfide) groups is 1. The Bertz CT molecular complexity index is 772. The third kappa shape index (κ3) is 3.37. The van der Waals surface area contributed by atoms with E-state index in [0.717, 1.165) is 17.7 Å². The maximum Gasteiger partial charge on any atom is 0.250 e. The van der Waals surface area contributed by atoms with Crippen molar-refractivity contribution in [3.63, 3.8) is 0 Å². The van der Waals surface area contributed by atoms with E-state index in [2.05, 4.69) is 4.99 Å². The summed E-state index contributed by atoms with van der Waals surface area (Å²) in [6.07, 6.45) is 0.742. The first-order chi connectivity index (χ1) is 11.3. The van der Waals surface area contributed by atoms with Crippen molar-refractivity contribution in [2.75, 3.05) is 16.4 Å². The molecule has 3 rings (SSSR count). The third-order valence-corrected chi connectivity index (χ3v) is 7.83. The lowest BCUT2D eigenvalue weighted by Gasteiger charge is -2.24. The molecule has 1 aromatic carbocycles. The highest BCUT2D eigenvalue weighted by Crippen LogP contribution is 2.41. The molecule has 5 nitrogen and oxygen atoms in total. The molecule has 0 bridgehead atoms. The van der Waals surface area contributed by atoms with Crippen LogP contribution in [0, 0.1) is 12.8 Å². The largest absolute Gasteiger partial charge is 0.316 e. The van der Waals surface area contributed by atoms with Crippen molar-refractivity contribution >= 4 is 38.4 Å². The minimum atomic E-state index is -3.03. The van der Waals surface area contributed by atoms with Crippen LogP contribution in [0.1, 0.15) is 25.8 Å². The lowest BCUT2D eigenvalue weighted by Crippen LogP contribution is -2.37. The molecule has 7 heteroatoms. The molecule has 2 aliphatic heterocycles. The Morgan fingerprint density at radius 2 is 2.00 bits per heavy atom. The molecule has 3 atom stereocenters. The van der Waals surface area contributed by atoms with Crippen LogP contribution in [0.2, 0.25) is 0 Å². The molecule has 2 heterocycles. The summed E-state index contributed by atoms with van der Waals surface area (Å²) < 4.78 is 24.0. The minimum Gasteiger partial charge on any atom is -0.316 e. The van der Waals surface area contributed by atoms with E-state index in [1.165, 1.54) is 11.8 Å². The Balaban J connectivity index is 1.98. The first-order valence-corrected chi connectivity index (χ1v) is 10.9. The van der Waals surface area contributed by atoms with E-state index in [1.54, 1.807) is 0 Å². The molecule has 0 unspecified atom stereocenters. The van der Waals surface area contributed by atoms with E-state index in [1.807, 2.05) is 49.9 Å². The van der Waals surface area contributed by atoms with Crippen LogP contribution in [0.15, 0.2) is 29.3 Å². The molecule has 0 N–H and O–H groups in total. The highest BCUT2D eigenvalue weighted by molar-refractivity contribution is 8.16. The number of carbonyl (C=O) groups excluding carboxylic acids is 1. The minimum absolute atomic E-state index is 0.0558. The molecule has 2 saturated heterocycles. The highest BCUT2D eigenvalue weighted by Gasteiger charge is 2.49. The number of amidine groups is 1. The van der Waals surface area contributed by atoms with Crippen molar-refractivity contribution in [2.45, 2.75) is 38.5 Å². The van der Waals surface area contributed by atoms with Gasteiger partial charge in [-0.15, -0.1) is 0 Å². The first kappa shape index (κ1) is 17.5. The Kier molecular flexibility index (Phi) is 4.75. The second-order valence-electron chi connectivity index (χ2n) is 6.55. The number of carbonyl (C=O) groups is 1. The van der Waals surface area contributed by atoms with Gasteiger partial charge >= 0.3 is 0 Å². The summed E-state index contributed by atoms with van der Waals surface area (Å²) in [5.74, 6) is 0.0122. The van der Waals surface area contributed by atoms with Crippen LogP contribution in [-0.2, 0) is 14.6 Å². The van der Waals surface area contributed by atoms with E-state index in [-0.39, 0.29) is 34.6 Å². The molecular weight excluding hydrogens is 344 g/mol. The monoisotopic (exact) mass is 366 g/mol. The van der Waals surface area contributed by atoms with Gasteiger partial charge in [-0.1, -0.05) is 43.3 Å². The maximum atomic E-state index is 12.3. The summed E-state index contributed by atoms with van der Waals surface area (Å²) in [5, 5.41) is 0.578. The van der Waals surface area contributed by atoms with E-state index in [0.29, 0.717) is 5.17 Å². The molecule has 0 aromatic heterocycles. The predicted molar refractivity (Wildman–Crippen MR) is 99.4 cm³/mol. The van der Waals surface area contributed by atoms with Gasteiger partial charge in [-0.3, -0.25) is 4.79 Å². The molecule has 2 fully saturated rings. The molecule has 1 aromatic rings. The van der Waals surface area contributed by atoms with E-state index in [9.17, 15) is 13.2 Å². The number of hydrogen-bond donors (Lipinski definition) is 0. The fourth-order valence-electron chi connectivity index (χ4n) is 2.95. The van der Waals surface area contributed by atoms with Gasteiger partial charge in [0, 0.05) is 16.9 Å². The van der Waals surface area contributed by atoms with Crippen LogP contribution in [-0.4, -0.2) is 42.3 Å². The number of aliphatic imine (C=N–C) groups is 1. The Morgan fingerprint density at radius 1 is 1.33 bits per heavy atom. The van der Waals surface area contributed by atoms with Gasteiger partial charge in [0.15, 0.2) is 15.0 Å². The van der Waals surface area contributed by atoms with E-state index < -0.39 is 9.84 Å². The summed E-state index contributed by atoms with van der Waals surface area (Å²) in [6.45, 7) is 5.84. The van der Waals surface area contributed by atoms with Gasteiger partial charge in [0.25, 0.3) is 5.91 Å². The number of nitrogens with zero attached hydrogens (tertiary/aromatic N) is 2. The standard InChI is InChI=1S/C17H22N2O3S2/c1-4-12(3)16(20)18-17-19(13-7-5-11(2)6-8-13)14-9-24(21,22)10-15(14)23-17/h5-8,12,14-15H,4,9-10H2,1-3H3/t12-,14-,15-/m0/s1. The summed E-state index contributed by atoms with van der Waals surface area (Å²) in [7, 11) is -3.03. The van der Waals surface area contributed by atoms with Crippen molar-refractivity contribution in [1.29, 1.82) is 0 Å². The van der Waals surface area contributed by atoms with Gasteiger partial charge in [0.2, 0.25) is 0 Å². The molecule has 24 heavy (non-hydrogen) atoms.